The smallest absolute Gasteiger partial charge is 0.416 e. The van der Waals surface area contributed by atoms with E-state index in [4.69, 9.17) is 14.2 Å². The van der Waals surface area contributed by atoms with Gasteiger partial charge in [0, 0.05) is 36.8 Å². The fourth-order valence-electron chi connectivity index (χ4n) is 4.56. The lowest BCUT2D eigenvalue weighted by Crippen LogP contribution is -2.37. The van der Waals surface area contributed by atoms with Crippen molar-refractivity contribution in [3.63, 3.8) is 0 Å². The van der Waals surface area contributed by atoms with E-state index in [9.17, 15) is 13.2 Å². The summed E-state index contributed by atoms with van der Waals surface area (Å²) in [5.41, 5.74) is 2.16. The second-order valence-corrected chi connectivity index (χ2v) is 9.60. The number of nitrogens with zero attached hydrogens (tertiary/aromatic N) is 3. The molecule has 7 nitrogen and oxygen atoms in total. The summed E-state index contributed by atoms with van der Waals surface area (Å²) >= 11 is 0. The van der Waals surface area contributed by atoms with Gasteiger partial charge in [-0.05, 0) is 47.9 Å². The van der Waals surface area contributed by atoms with Crippen LogP contribution in [0.25, 0.3) is 23.1 Å². The highest BCUT2D eigenvalue weighted by Crippen LogP contribution is 2.35. The number of halogens is 3. The van der Waals surface area contributed by atoms with E-state index in [2.05, 4.69) is 20.2 Å². The van der Waals surface area contributed by atoms with E-state index in [0.29, 0.717) is 35.0 Å². The number of fused-ring (bicyclic) bond motifs is 1. The highest BCUT2D eigenvalue weighted by molar-refractivity contribution is 5.93. The van der Waals surface area contributed by atoms with Gasteiger partial charge in [-0.15, -0.1) is 0 Å². The number of methoxy groups -OCH3 is 1. The number of anilines is 2. The largest absolute Gasteiger partial charge is 0.493 e. The Balaban J connectivity index is 1.26. The first-order chi connectivity index (χ1) is 19.9. The Hall–Kier alpha value is -4.15. The molecule has 1 saturated heterocycles. The fourth-order valence-corrected chi connectivity index (χ4v) is 4.56. The molecule has 0 amide bonds. The zero-order chi connectivity index (χ0) is 28.7. The van der Waals surface area contributed by atoms with Gasteiger partial charge in [-0.2, -0.15) is 13.2 Å². The van der Waals surface area contributed by atoms with E-state index >= 15 is 0 Å². The lowest BCUT2D eigenvalue weighted by atomic mass is 10.1. The van der Waals surface area contributed by atoms with Crippen LogP contribution >= 0.6 is 0 Å². The molecule has 1 fully saturated rings. The third-order valence-corrected chi connectivity index (χ3v) is 6.76. The van der Waals surface area contributed by atoms with Crippen molar-refractivity contribution in [2.24, 2.45) is 0 Å². The van der Waals surface area contributed by atoms with E-state index < -0.39 is 11.7 Å². The number of alkyl halides is 3. The predicted molar refractivity (Wildman–Crippen MR) is 154 cm³/mol. The van der Waals surface area contributed by atoms with Crippen molar-refractivity contribution in [3.05, 3.63) is 83.7 Å². The minimum Gasteiger partial charge on any atom is -0.493 e. The Kier molecular flexibility index (Phi) is 9.01. The van der Waals surface area contributed by atoms with Crippen LogP contribution in [0.2, 0.25) is 0 Å². The first-order valence-electron chi connectivity index (χ1n) is 13.4. The average molecular weight is 565 g/mol. The number of benzene rings is 3. The second kappa shape index (κ2) is 13.0. The maximum absolute atomic E-state index is 13.0. The third kappa shape index (κ3) is 7.53. The Morgan fingerprint density at radius 3 is 2.49 bits per heavy atom. The molecule has 0 saturated carbocycles. The number of hydrogen-bond donors (Lipinski definition) is 1. The Morgan fingerprint density at radius 2 is 1.73 bits per heavy atom. The first-order valence-corrected chi connectivity index (χ1v) is 13.4. The zero-order valence-electron chi connectivity index (χ0n) is 22.7. The molecule has 5 rings (SSSR count). The standard InChI is InChI=1S/C31H31F3N4O3/c1-39-28-20-27-26(19-29(28)41-15-3-12-38-13-16-40-17-14-38)30(36-21-35-27)37-25-10-8-22(9-11-25)6-7-23-4-2-5-24(18-23)31(32,33)34/h2,4-11,18-21H,3,12-17H2,1H3,(H,35,36,37)/b7-6+. The molecular formula is C31H31F3N4O3. The molecule has 214 valence electrons. The van der Waals surface area contributed by atoms with E-state index in [1.165, 1.54) is 12.4 Å². The monoisotopic (exact) mass is 564 g/mol. The van der Waals surface area contributed by atoms with Crippen LogP contribution in [-0.2, 0) is 10.9 Å². The van der Waals surface area contributed by atoms with Gasteiger partial charge in [0.25, 0.3) is 0 Å². The highest BCUT2D eigenvalue weighted by atomic mass is 19.4. The molecule has 1 aromatic heterocycles. The molecule has 41 heavy (non-hydrogen) atoms. The molecule has 3 aromatic carbocycles. The normalized spacial score (nSPS) is 14.4. The summed E-state index contributed by atoms with van der Waals surface area (Å²) in [5, 5.41) is 4.11. The highest BCUT2D eigenvalue weighted by Gasteiger charge is 2.30. The maximum atomic E-state index is 13.0. The summed E-state index contributed by atoms with van der Waals surface area (Å²) in [5.74, 6) is 1.84. The molecule has 4 aromatic rings. The fraction of sp³-hybridized carbons (Fsp3) is 0.290. The summed E-state index contributed by atoms with van der Waals surface area (Å²) in [4.78, 5) is 11.2. The lowest BCUT2D eigenvalue weighted by Gasteiger charge is -2.26. The van der Waals surface area contributed by atoms with Crippen molar-refractivity contribution >= 4 is 34.6 Å². The van der Waals surface area contributed by atoms with E-state index in [1.54, 1.807) is 25.3 Å². The SMILES string of the molecule is COc1cc2ncnc(Nc3ccc(/C=C/c4cccc(C(F)(F)F)c4)cc3)c2cc1OCCCN1CCOCC1. The molecule has 1 aliphatic rings. The van der Waals surface area contributed by atoms with E-state index in [0.717, 1.165) is 68.0 Å². The maximum Gasteiger partial charge on any atom is 0.416 e. The van der Waals surface area contributed by atoms with Crippen molar-refractivity contribution in [1.82, 2.24) is 14.9 Å². The molecule has 0 aliphatic carbocycles. The Labute approximate surface area is 236 Å². The van der Waals surface area contributed by atoms with Gasteiger partial charge in [0.05, 0.1) is 38.0 Å². The molecule has 10 heteroatoms. The van der Waals surface area contributed by atoms with Gasteiger partial charge in [-0.1, -0.05) is 36.4 Å². The van der Waals surface area contributed by atoms with Crippen molar-refractivity contribution in [1.29, 1.82) is 0 Å². The summed E-state index contributed by atoms with van der Waals surface area (Å²) in [6, 6.07) is 16.5. The minimum absolute atomic E-state index is 0.476. The van der Waals surface area contributed by atoms with Crippen LogP contribution in [0.15, 0.2) is 67.0 Å². The van der Waals surface area contributed by atoms with Crippen molar-refractivity contribution < 1.29 is 27.4 Å². The van der Waals surface area contributed by atoms with Gasteiger partial charge in [0.1, 0.15) is 12.1 Å². The summed E-state index contributed by atoms with van der Waals surface area (Å²) in [7, 11) is 1.60. The Morgan fingerprint density at radius 1 is 0.951 bits per heavy atom. The van der Waals surface area contributed by atoms with Crippen molar-refractivity contribution in [2.45, 2.75) is 12.6 Å². The summed E-state index contributed by atoms with van der Waals surface area (Å²) in [6.45, 7) is 4.92. The van der Waals surface area contributed by atoms with Crippen LogP contribution in [0.4, 0.5) is 24.7 Å². The molecule has 2 heterocycles. The van der Waals surface area contributed by atoms with E-state index in [1.807, 2.05) is 36.4 Å². The van der Waals surface area contributed by atoms with Crippen LogP contribution in [0.5, 0.6) is 11.5 Å². The number of ether oxygens (including phenoxy) is 3. The Bertz CT molecular complexity index is 1490. The molecule has 1 aliphatic heterocycles. The van der Waals surface area contributed by atoms with Gasteiger partial charge in [0.15, 0.2) is 11.5 Å². The van der Waals surface area contributed by atoms with Crippen LogP contribution in [0, 0.1) is 0 Å². The van der Waals surface area contributed by atoms with Gasteiger partial charge < -0.3 is 19.5 Å². The van der Waals surface area contributed by atoms with Gasteiger partial charge in [0.2, 0.25) is 0 Å². The third-order valence-electron chi connectivity index (χ3n) is 6.76. The van der Waals surface area contributed by atoms with Gasteiger partial charge in [-0.25, -0.2) is 9.97 Å². The molecule has 0 atom stereocenters. The molecule has 0 spiro atoms. The zero-order valence-corrected chi connectivity index (χ0v) is 22.7. The number of morpholine rings is 1. The molecule has 0 bridgehead atoms. The number of hydrogen-bond acceptors (Lipinski definition) is 7. The van der Waals surface area contributed by atoms with Gasteiger partial charge >= 0.3 is 6.18 Å². The number of nitrogens with one attached hydrogen (secondary N) is 1. The molecule has 1 N–H and O–H groups in total. The van der Waals surface area contributed by atoms with Crippen molar-refractivity contribution in [3.8, 4) is 11.5 Å². The van der Waals surface area contributed by atoms with Crippen LogP contribution in [0.3, 0.4) is 0 Å². The predicted octanol–water partition coefficient (Wildman–Crippen LogP) is 6.67. The van der Waals surface area contributed by atoms with Crippen LogP contribution in [-0.4, -0.2) is 61.4 Å². The van der Waals surface area contributed by atoms with Crippen molar-refractivity contribution in [2.75, 3.05) is 51.9 Å². The first kappa shape index (κ1) is 28.4. The number of aromatic nitrogens is 2. The summed E-state index contributed by atoms with van der Waals surface area (Å²) < 4.78 is 56.0. The van der Waals surface area contributed by atoms with Crippen LogP contribution < -0.4 is 14.8 Å². The lowest BCUT2D eigenvalue weighted by molar-refractivity contribution is -0.137. The summed E-state index contributed by atoms with van der Waals surface area (Å²) in [6.07, 6.45) is 1.43. The average Bonchev–Trinajstić information content (AvgIpc) is 2.99. The number of rotatable bonds is 10. The minimum atomic E-state index is -4.37. The quantitative estimate of drug-likeness (QED) is 0.170. The second-order valence-electron chi connectivity index (χ2n) is 9.60. The molecular weight excluding hydrogens is 533 g/mol. The van der Waals surface area contributed by atoms with Gasteiger partial charge in [-0.3, -0.25) is 4.90 Å². The topological polar surface area (TPSA) is 68.7 Å². The van der Waals surface area contributed by atoms with Crippen LogP contribution in [0.1, 0.15) is 23.1 Å². The molecule has 0 unspecified atom stereocenters. The molecule has 0 radical (unpaired) electrons. The van der Waals surface area contributed by atoms with E-state index in [-0.39, 0.29) is 0 Å².